The van der Waals surface area contributed by atoms with Gasteiger partial charge in [-0.3, -0.25) is 19.3 Å². The van der Waals surface area contributed by atoms with Gasteiger partial charge < -0.3 is 4.90 Å². The zero-order valence-corrected chi connectivity index (χ0v) is 16.9. The summed E-state index contributed by atoms with van der Waals surface area (Å²) in [6.07, 6.45) is 5.02. The Bertz CT molecular complexity index is 1090. The number of nitrogens with one attached hydrogen (secondary N) is 1. The molecule has 29 heavy (non-hydrogen) atoms. The molecule has 0 spiro atoms. The minimum Gasteiger partial charge on any atom is -0.343 e. The van der Waals surface area contributed by atoms with Crippen LogP contribution in [0.1, 0.15) is 30.9 Å². The average molecular weight is 410 g/mol. The second-order valence-corrected chi connectivity index (χ2v) is 8.87. The summed E-state index contributed by atoms with van der Waals surface area (Å²) in [5.74, 6) is 1.48. The Balaban J connectivity index is 1.22. The lowest BCUT2D eigenvalue weighted by atomic mass is 9.90. The van der Waals surface area contributed by atoms with E-state index in [1.54, 1.807) is 4.57 Å². The van der Waals surface area contributed by atoms with E-state index in [1.165, 1.54) is 23.5 Å². The Morgan fingerprint density at radius 1 is 1.21 bits per heavy atom. The Morgan fingerprint density at radius 2 is 2.00 bits per heavy atom. The average Bonchev–Trinajstić information content (AvgIpc) is 3.37. The van der Waals surface area contributed by atoms with Gasteiger partial charge in [-0.25, -0.2) is 4.98 Å². The summed E-state index contributed by atoms with van der Waals surface area (Å²) in [7, 11) is 0. The predicted molar refractivity (Wildman–Crippen MR) is 112 cm³/mol. The molecule has 150 valence electrons. The maximum Gasteiger partial charge on any atom is 0.265 e. The number of carbonyl (C=O) groups is 1. The van der Waals surface area contributed by atoms with Crippen molar-refractivity contribution in [3.63, 3.8) is 0 Å². The number of thioether (sulfide) groups is 1. The van der Waals surface area contributed by atoms with Gasteiger partial charge in [-0.2, -0.15) is 5.10 Å². The quantitative estimate of drug-likeness (QED) is 0.670. The number of H-pyrrole nitrogens is 1. The van der Waals surface area contributed by atoms with Gasteiger partial charge in [-0.05, 0) is 30.7 Å². The summed E-state index contributed by atoms with van der Waals surface area (Å²) >= 11 is 1.53. The van der Waals surface area contributed by atoms with Crippen molar-refractivity contribution in [2.24, 2.45) is 5.92 Å². The van der Waals surface area contributed by atoms with Gasteiger partial charge in [0, 0.05) is 25.3 Å². The molecular formula is C21H23N5O2S. The van der Waals surface area contributed by atoms with E-state index in [0.717, 1.165) is 32.4 Å². The fourth-order valence-electron chi connectivity index (χ4n) is 4.37. The molecule has 7 nitrogen and oxygen atoms in total. The number of hydrogen-bond acceptors (Lipinski definition) is 5. The minimum atomic E-state index is -0.135. The lowest BCUT2D eigenvalue weighted by molar-refractivity contribution is -0.133. The fraction of sp³-hybridized carbons (Fsp3) is 0.429. The van der Waals surface area contributed by atoms with E-state index in [1.807, 2.05) is 11.0 Å². The molecule has 0 bridgehead atoms. The number of piperidine rings is 1. The van der Waals surface area contributed by atoms with Crippen LogP contribution in [-0.2, 0) is 11.2 Å². The van der Waals surface area contributed by atoms with E-state index in [-0.39, 0.29) is 17.5 Å². The van der Waals surface area contributed by atoms with Gasteiger partial charge in [-0.1, -0.05) is 42.1 Å². The third kappa shape index (κ3) is 3.57. The number of aromatic amines is 1. The topological polar surface area (TPSA) is 83.9 Å². The summed E-state index contributed by atoms with van der Waals surface area (Å²) in [6, 6.07) is 10.4. The molecule has 1 aromatic carbocycles. The molecule has 0 saturated carbocycles. The van der Waals surface area contributed by atoms with Gasteiger partial charge in [-0.15, -0.1) is 0 Å². The van der Waals surface area contributed by atoms with Gasteiger partial charge in [0.2, 0.25) is 5.91 Å². The first kappa shape index (κ1) is 18.4. The summed E-state index contributed by atoms with van der Waals surface area (Å²) in [6.45, 7) is 1.61. The largest absolute Gasteiger partial charge is 0.343 e. The summed E-state index contributed by atoms with van der Waals surface area (Å²) in [5, 5.41) is 7.82. The van der Waals surface area contributed by atoms with Gasteiger partial charge in [0.1, 0.15) is 5.39 Å². The molecule has 1 N–H and O–H groups in total. The maximum absolute atomic E-state index is 12.9. The van der Waals surface area contributed by atoms with Crippen LogP contribution in [-0.4, -0.2) is 49.4 Å². The molecule has 1 atom stereocenters. The first-order valence-corrected chi connectivity index (χ1v) is 11.1. The van der Waals surface area contributed by atoms with E-state index in [0.29, 0.717) is 34.3 Å². The highest BCUT2D eigenvalue weighted by Crippen LogP contribution is 2.33. The van der Waals surface area contributed by atoms with Crippen molar-refractivity contribution in [2.45, 2.75) is 36.9 Å². The molecule has 2 aromatic heterocycles. The Kier molecular flexibility index (Phi) is 4.87. The molecule has 1 unspecified atom stereocenters. The van der Waals surface area contributed by atoms with E-state index in [9.17, 15) is 9.59 Å². The van der Waals surface area contributed by atoms with Crippen LogP contribution in [0.3, 0.4) is 0 Å². The van der Waals surface area contributed by atoms with Crippen LogP contribution in [0, 0.1) is 5.92 Å². The third-order valence-corrected chi connectivity index (χ3v) is 7.09. The van der Waals surface area contributed by atoms with Gasteiger partial charge in [0.05, 0.1) is 12.2 Å². The standard InChI is InChI=1S/C21H23N5O2S/c27-18(25-8-6-15(7-9-25)10-14-4-2-1-3-5-14)11-16-13-29-21-23-19-17(12-22-24-19)20(28)26(16)21/h1-5,12,15-16H,6-11,13H2,(H,22,24). The van der Waals surface area contributed by atoms with Crippen molar-refractivity contribution in [3.05, 3.63) is 52.4 Å². The van der Waals surface area contributed by atoms with Crippen LogP contribution in [0.15, 0.2) is 46.5 Å². The first-order valence-electron chi connectivity index (χ1n) is 10.1. The van der Waals surface area contributed by atoms with Crippen LogP contribution in [0.25, 0.3) is 11.0 Å². The molecule has 0 radical (unpaired) electrons. The molecule has 0 aliphatic carbocycles. The normalized spacial score (nSPS) is 19.6. The highest BCUT2D eigenvalue weighted by Gasteiger charge is 2.31. The van der Waals surface area contributed by atoms with Crippen LogP contribution in [0.5, 0.6) is 0 Å². The highest BCUT2D eigenvalue weighted by atomic mass is 32.2. The molecule has 8 heteroatoms. The summed E-state index contributed by atoms with van der Waals surface area (Å²) in [4.78, 5) is 32.2. The van der Waals surface area contributed by atoms with Gasteiger partial charge in [0.25, 0.3) is 5.56 Å². The molecular weight excluding hydrogens is 386 g/mol. The zero-order chi connectivity index (χ0) is 19.8. The molecule has 1 amide bonds. The number of benzene rings is 1. The molecule has 1 saturated heterocycles. The van der Waals surface area contributed by atoms with E-state index in [2.05, 4.69) is 39.4 Å². The first-order chi connectivity index (χ1) is 14.2. The van der Waals surface area contributed by atoms with Crippen molar-refractivity contribution in [2.75, 3.05) is 18.8 Å². The Hall–Kier alpha value is -2.61. The van der Waals surface area contributed by atoms with Crippen LogP contribution in [0.2, 0.25) is 0 Å². The number of fused-ring (bicyclic) bond motifs is 2. The number of hydrogen-bond donors (Lipinski definition) is 1. The smallest absolute Gasteiger partial charge is 0.265 e. The number of nitrogens with zero attached hydrogens (tertiary/aromatic N) is 4. The van der Waals surface area contributed by atoms with Crippen molar-refractivity contribution >= 4 is 28.7 Å². The van der Waals surface area contributed by atoms with E-state index >= 15 is 0 Å². The van der Waals surface area contributed by atoms with Crippen LogP contribution < -0.4 is 5.56 Å². The number of rotatable bonds is 4. The fourth-order valence-corrected chi connectivity index (χ4v) is 5.51. The summed E-state index contributed by atoms with van der Waals surface area (Å²) in [5.41, 5.74) is 1.78. The minimum absolute atomic E-state index is 0.108. The maximum atomic E-state index is 12.9. The van der Waals surface area contributed by atoms with Crippen molar-refractivity contribution in [1.82, 2.24) is 24.6 Å². The number of aromatic nitrogens is 4. The third-order valence-electron chi connectivity index (χ3n) is 6.00. The SMILES string of the molecule is O=C(CC1CSc2nc3[nH]ncc3c(=O)n21)N1CCC(Cc2ccccc2)CC1. The number of likely N-dealkylation sites (tertiary alicyclic amines) is 1. The monoisotopic (exact) mass is 409 g/mol. The van der Waals surface area contributed by atoms with Crippen LogP contribution >= 0.6 is 11.8 Å². The van der Waals surface area contributed by atoms with E-state index in [4.69, 9.17) is 0 Å². The number of carbonyl (C=O) groups excluding carboxylic acids is 1. The van der Waals surface area contributed by atoms with Gasteiger partial charge in [0.15, 0.2) is 10.8 Å². The molecule has 1 fully saturated rings. The highest BCUT2D eigenvalue weighted by molar-refractivity contribution is 7.99. The molecule has 2 aliphatic heterocycles. The van der Waals surface area contributed by atoms with Crippen molar-refractivity contribution in [1.29, 1.82) is 0 Å². The summed E-state index contributed by atoms with van der Waals surface area (Å²) < 4.78 is 1.68. The molecule has 5 rings (SSSR count). The van der Waals surface area contributed by atoms with Crippen molar-refractivity contribution < 1.29 is 4.79 Å². The van der Waals surface area contributed by atoms with Crippen LogP contribution in [0.4, 0.5) is 0 Å². The Labute approximate surface area is 172 Å². The van der Waals surface area contributed by atoms with Crippen molar-refractivity contribution in [3.8, 4) is 0 Å². The lowest BCUT2D eigenvalue weighted by Gasteiger charge is -2.32. The Morgan fingerprint density at radius 3 is 2.79 bits per heavy atom. The lowest BCUT2D eigenvalue weighted by Crippen LogP contribution is -2.40. The molecule has 4 heterocycles. The molecule has 2 aliphatic rings. The second kappa shape index (κ2) is 7.67. The van der Waals surface area contributed by atoms with E-state index < -0.39 is 0 Å². The zero-order valence-electron chi connectivity index (χ0n) is 16.1. The molecule has 3 aromatic rings. The second-order valence-electron chi connectivity index (χ2n) is 7.88. The van der Waals surface area contributed by atoms with Gasteiger partial charge >= 0.3 is 0 Å². The number of amides is 1. The predicted octanol–water partition coefficient (Wildman–Crippen LogP) is 2.64.